The van der Waals surface area contributed by atoms with Gasteiger partial charge in [-0.15, -0.1) is 0 Å². The van der Waals surface area contributed by atoms with Crippen molar-refractivity contribution < 1.29 is 23.9 Å². The van der Waals surface area contributed by atoms with E-state index in [1.165, 1.54) is 6.07 Å². The number of anilines is 1. The number of benzene rings is 1. The number of furan rings is 1. The molecule has 1 atom stereocenters. The van der Waals surface area contributed by atoms with Gasteiger partial charge in [0, 0.05) is 37.0 Å². The summed E-state index contributed by atoms with van der Waals surface area (Å²) in [6, 6.07) is 6.32. The quantitative estimate of drug-likeness (QED) is 0.901. The minimum absolute atomic E-state index is 0.0345. The van der Waals surface area contributed by atoms with Crippen LogP contribution < -0.4 is 5.32 Å². The van der Waals surface area contributed by atoms with E-state index in [0.717, 1.165) is 0 Å². The van der Waals surface area contributed by atoms with Gasteiger partial charge in [-0.2, -0.15) is 0 Å². The Kier molecular flexibility index (Phi) is 3.77. The highest BCUT2D eigenvalue weighted by molar-refractivity contribution is 5.98. The summed E-state index contributed by atoms with van der Waals surface area (Å²) in [5.74, 6) is -1.87. The first-order valence-electron chi connectivity index (χ1n) is 7.26. The number of carboxylic acid groups (broad SMARTS) is 1. The zero-order chi connectivity index (χ0) is 16.6. The first kappa shape index (κ1) is 15.1. The van der Waals surface area contributed by atoms with Crippen molar-refractivity contribution in [3.8, 4) is 0 Å². The summed E-state index contributed by atoms with van der Waals surface area (Å²) in [7, 11) is 1.73. The average Bonchev–Trinajstić information content (AvgIpc) is 2.93. The number of carbonyl (C=O) groups excluding carboxylic acids is 2. The Bertz CT molecular complexity index is 795. The highest BCUT2D eigenvalue weighted by atomic mass is 16.4. The van der Waals surface area contributed by atoms with E-state index in [2.05, 4.69) is 5.32 Å². The van der Waals surface area contributed by atoms with Gasteiger partial charge in [-0.3, -0.25) is 9.59 Å². The maximum Gasteiger partial charge on any atom is 0.371 e. The molecule has 120 valence electrons. The lowest BCUT2D eigenvalue weighted by atomic mass is 9.95. The predicted octanol–water partition coefficient (Wildman–Crippen LogP) is 1.94. The van der Waals surface area contributed by atoms with E-state index in [0.29, 0.717) is 29.6 Å². The summed E-state index contributed by atoms with van der Waals surface area (Å²) in [5, 5.41) is 12.3. The fraction of sp³-hybridized carbons (Fsp3) is 0.312. The molecule has 0 radical (unpaired) electrons. The molecule has 1 aromatic carbocycles. The van der Waals surface area contributed by atoms with Crippen molar-refractivity contribution in [3.63, 3.8) is 0 Å². The van der Waals surface area contributed by atoms with Gasteiger partial charge in [0.25, 0.3) is 0 Å². The van der Waals surface area contributed by atoms with E-state index in [1.54, 1.807) is 30.1 Å². The van der Waals surface area contributed by atoms with Crippen molar-refractivity contribution in [2.75, 3.05) is 18.9 Å². The van der Waals surface area contributed by atoms with Crippen molar-refractivity contribution in [1.29, 1.82) is 0 Å². The van der Waals surface area contributed by atoms with Crippen LogP contribution in [0.15, 0.2) is 28.7 Å². The molecule has 0 spiro atoms. The van der Waals surface area contributed by atoms with Gasteiger partial charge >= 0.3 is 5.97 Å². The molecule has 1 unspecified atom stereocenters. The maximum atomic E-state index is 12.3. The van der Waals surface area contributed by atoms with Gasteiger partial charge < -0.3 is 19.7 Å². The van der Waals surface area contributed by atoms with Crippen LogP contribution in [0, 0.1) is 5.92 Å². The third-order valence-electron chi connectivity index (χ3n) is 4.03. The van der Waals surface area contributed by atoms with Crippen molar-refractivity contribution in [1.82, 2.24) is 4.90 Å². The van der Waals surface area contributed by atoms with E-state index in [4.69, 9.17) is 9.52 Å². The second kappa shape index (κ2) is 5.75. The van der Waals surface area contributed by atoms with Crippen LogP contribution in [0.3, 0.4) is 0 Å². The Morgan fingerprint density at radius 3 is 2.83 bits per heavy atom. The summed E-state index contributed by atoms with van der Waals surface area (Å²) in [6.45, 7) is 0.569. The predicted molar refractivity (Wildman–Crippen MR) is 82.2 cm³/mol. The van der Waals surface area contributed by atoms with E-state index in [1.807, 2.05) is 0 Å². The number of nitrogens with zero attached hydrogens (tertiary/aromatic N) is 1. The molecule has 23 heavy (non-hydrogen) atoms. The molecule has 7 heteroatoms. The average molecular weight is 316 g/mol. The number of carbonyl (C=O) groups is 3. The van der Waals surface area contributed by atoms with Crippen LogP contribution in [0.5, 0.6) is 0 Å². The van der Waals surface area contributed by atoms with Crippen LogP contribution in [0.1, 0.15) is 23.4 Å². The van der Waals surface area contributed by atoms with E-state index in [9.17, 15) is 14.4 Å². The van der Waals surface area contributed by atoms with E-state index < -0.39 is 5.97 Å². The van der Waals surface area contributed by atoms with Gasteiger partial charge in [-0.25, -0.2) is 4.79 Å². The van der Waals surface area contributed by atoms with Gasteiger partial charge in [0.05, 0.1) is 0 Å². The van der Waals surface area contributed by atoms with Crippen LogP contribution in [-0.4, -0.2) is 41.4 Å². The third-order valence-corrected chi connectivity index (χ3v) is 4.03. The summed E-state index contributed by atoms with van der Waals surface area (Å²) >= 11 is 0. The number of hydrogen-bond acceptors (Lipinski definition) is 4. The van der Waals surface area contributed by atoms with Crippen molar-refractivity contribution in [2.45, 2.75) is 12.8 Å². The molecular formula is C16H16N2O5. The Morgan fingerprint density at radius 1 is 1.35 bits per heavy atom. The molecule has 1 aliphatic rings. The van der Waals surface area contributed by atoms with Gasteiger partial charge in [0.2, 0.25) is 17.6 Å². The number of aromatic carboxylic acids is 1. The van der Waals surface area contributed by atoms with Crippen molar-refractivity contribution >= 4 is 34.4 Å². The number of hydrogen-bond donors (Lipinski definition) is 2. The highest BCUT2D eigenvalue weighted by Gasteiger charge is 2.28. The SMILES string of the molecule is CN1CCC(C(=O)Nc2ccc3oc(C(=O)O)cc3c2)CC1=O. The number of nitrogens with one attached hydrogen (secondary N) is 1. The van der Waals surface area contributed by atoms with Gasteiger partial charge in [-0.1, -0.05) is 0 Å². The normalized spacial score (nSPS) is 18.2. The van der Waals surface area contributed by atoms with Crippen LogP contribution >= 0.6 is 0 Å². The zero-order valence-corrected chi connectivity index (χ0v) is 12.5. The van der Waals surface area contributed by atoms with Gasteiger partial charge in [0.1, 0.15) is 5.58 Å². The lowest BCUT2D eigenvalue weighted by Crippen LogP contribution is -2.39. The van der Waals surface area contributed by atoms with Crippen LogP contribution in [0.25, 0.3) is 11.0 Å². The molecule has 2 heterocycles. The number of carboxylic acids is 1. The smallest absolute Gasteiger partial charge is 0.371 e. The first-order chi connectivity index (χ1) is 10.9. The largest absolute Gasteiger partial charge is 0.475 e. The minimum atomic E-state index is -1.14. The lowest BCUT2D eigenvalue weighted by Gasteiger charge is -2.27. The zero-order valence-electron chi connectivity index (χ0n) is 12.5. The number of rotatable bonds is 3. The standard InChI is InChI=1S/C16H16N2O5/c1-18-5-4-9(8-14(18)19)15(20)17-11-2-3-12-10(6-11)7-13(23-12)16(21)22/h2-3,6-7,9H,4-5,8H2,1H3,(H,17,20)(H,21,22). The van der Waals surface area contributed by atoms with Crippen LogP contribution in [0.2, 0.25) is 0 Å². The van der Waals surface area contributed by atoms with E-state index in [-0.39, 0.29) is 29.9 Å². The first-order valence-corrected chi connectivity index (χ1v) is 7.26. The van der Waals surface area contributed by atoms with Crippen LogP contribution in [-0.2, 0) is 9.59 Å². The number of amides is 2. The molecule has 1 saturated heterocycles. The fourth-order valence-electron chi connectivity index (χ4n) is 2.64. The fourth-order valence-corrected chi connectivity index (χ4v) is 2.64. The molecule has 2 N–H and O–H groups in total. The Balaban J connectivity index is 1.74. The number of fused-ring (bicyclic) bond motifs is 1. The molecule has 1 aromatic heterocycles. The van der Waals surface area contributed by atoms with Crippen LogP contribution in [0.4, 0.5) is 5.69 Å². The lowest BCUT2D eigenvalue weighted by molar-refractivity contribution is -0.137. The van der Waals surface area contributed by atoms with Gasteiger partial charge in [-0.05, 0) is 30.7 Å². The minimum Gasteiger partial charge on any atom is -0.475 e. The maximum absolute atomic E-state index is 12.3. The molecule has 2 amide bonds. The Morgan fingerprint density at radius 2 is 2.13 bits per heavy atom. The molecule has 3 rings (SSSR count). The molecule has 0 saturated carbocycles. The number of likely N-dealkylation sites (tertiary alicyclic amines) is 1. The molecule has 0 aliphatic carbocycles. The highest BCUT2D eigenvalue weighted by Crippen LogP contribution is 2.25. The summed E-state index contributed by atoms with van der Waals surface area (Å²) < 4.78 is 5.17. The third kappa shape index (κ3) is 3.03. The second-order valence-electron chi connectivity index (χ2n) is 5.66. The summed E-state index contributed by atoms with van der Waals surface area (Å²) in [4.78, 5) is 36.5. The monoisotopic (exact) mass is 316 g/mol. The van der Waals surface area contributed by atoms with E-state index >= 15 is 0 Å². The second-order valence-corrected chi connectivity index (χ2v) is 5.66. The molecule has 0 bridgehead atoms. The summed E-state index contributed by atoms with van der Waals surface area (Å²) in [5.41, 5.74) is 0.987. The number of piperidine rings is 1. The van der Waals surface area contributed by atoms with Gasteiger partial charge in [0.15, 0.2) is 0 Å². The molecule has 2 aromatic rings. The van der Waals surface area contributed by atoms with Crippen molar-refractivity contribution in [2.24, 2.45) is 5.92 Å². The molecule has 1 aliphatic heterocycles. The molecule has 1 fully saturated rings. The Labute approximate surface area is 131 Å². The molecular weight excluding hydrogens is 300 g/mol. The topological polar surface area (TPSA) is 99.8 Å². The Hall–Kier alpha value is -2.83. The summed E-state index contributed by atoms with van der Waals surface area (Å²) in [6.07, 6.45) is 0.838. The van der Waals surface area contributed by atoms with Crippen molar-refractivity contribution in [3.05, 3.63) is 30.0 Å². The molecule has 7 nitrogen and oxygen atoms in total.